The van der Waals surface area contributed by atoms with Crippen LogP contribution in [0.3, 0.4) is 0 Å². The van der Waals surface area contributed by atoms with Crippen molar-refractivity contribution < 1.29 is 0 Å². The number of nitrogens with one attached hydrogen (secondary N) is 2. The van der Waals surface area contributed by atoms with Crippen molar-refractivity contribution in [3.8, 4) is 0 Å². The second-order valence-corrected chi connectivity index (χ2v) is 3.63. The summed E-state index contributed by atoms with van der Waals surface area (Å²) in [5.74, 6) is 0.348. The molecule has 1 heterocycles. The SMILES string of the molecule is Cc1ccc(C)c(Nc2nncc(=O)[nH]2)c1. The molecule has 2 N–H and O–H groups in total. The maximum Gasteiger partial charge on any atom is 0.271 e. The van der Waals surface area contributed by atoms with Gasteiger partial charge in [0.05, 0.1) is 0 Å². The van der Waals surface area contributed by atoms with Gasteiger partial charge in [-0.25, -0.2) is 0 Å². The topological polar surface area (TPSA) is 70.7 Å². The first-order valence-corrected chi connectivity index (χ1v) is 4.91. The van der Waals surface area contributed by atoms with E-state index in [1.807, 2.05) is 32.0 Å². The molecule has 0 atom stereocenters. The Bertz CT molecular complexity index is 562. The van der Waals surface area contributed by atoms with Crippen LogP contribution in [-0.2, 0) is 0 Å². The molecule has 0 amide bonds. The Morgan fingerprint density at radius 3 is 2.88 bits per heavy atom. The van der Waals surface area contributed by atoms with Crippen LogP contribution in [0.5, 0.6) is 0 Å². The quantitative estimate of drug-likeness (QED) is 0.798. The lowest BCUT2D eigenvalue weighted by Crippen LogP contribution is -2.11. The van der Waals surface area contributed by atoms with Crippen LogP contribution in [-0.4, -0.2) is 15.2 Å². The molecular formula is C11H12N4O. The van der Waals surface area contributed by atoms with Crippen LogP contribution in [0.15, 0.2) is 29.2 Å². The number of aryl methyl sites for hydroxylation is 2. The third-order valence-corrected chi connectivity index (χ3v) is 2.22. The molecule has 82 valence electrons. The predicted octanol–water partition coefficient (Wildman–Crippen LogP) is 1.53. The van der Waals surface area contributed by atoms with Crippen molar-refractivity contribution in [2.45, 2.75) is 13.8 Å². The molecule has 1 aromatic carbocycles. The Morgan fingerprint density at radius 2 is 2.12 bits per heavy atom. The van der Waals surface area contributed by atoms with Crippen LogP contribution < -0.4 is 10.9 Å². The molecule has 1 aromatic heterocycles. The molecule has 0 radical (unpaired) electrons. The highest BCUT2D eigenvalue weighted by atomic mass is 16.1. The summed E-state index contributed by atoms with van der Waals surface area (Å²) in [4.78, 5) is 13.6. The van der Waals surface area contributed by atoms with E-state index >= 15 is 0 Å². The lowest BCUT2D eigenvalue weighted by Gasteiger charge is -2.08. The van der Waals surface area contributed by atoms with Crippen molar-refractivity contribution in [1.29, 1.82) is 0 Å². The standard InChI is InChI=1S/C11H12N4O/c1-7-3-4-8(2)9(5-7)13-11-14-10(16)6-12-15-11/h3-6H,1-2H3,(H2,13,14,15,16). The Labute approximate surface area is 92.6 Å². The zero-order chi connectivity index (χ0) is 11.5. The van der Waals surface area contributed by atoms with Crippen molar-refractivity contribution in [1.82, 2.24) is 15.2 Å². The normalized spacial score (nSPS) is 10.1. The van der Waals surface area contributed by atoms with Gasteiger partial charge in [-0.2, -0.15) is 0 Å². The molecule has 0 aliphatic rings. The zero-order valence-electron chi connectivity index (χ0n) is 9.11. The Hall–Kier alpha value is -2.17. The summed E-state index contributed by atoms with van der Waals surface area (Å²) in [5.41, 5.74) is 2.86. The maximum absolute atomic E-state index is 11.0. The fourth-order valence-electron chi connectivity index (χ4n) is 1.37. The van der Waals surface area contributed by atoms with E-state index in [0.29, 0.717) is 5.95 Å². The van der Waals surface area contributed by atoms with E-state index < -0.39 is 0 Å². The predicted molar refractivity (Wildman–Crippen MR) is 61.9 cm³/mol. The zero-order valence-corrected chi connectivity index (χ0v) is 9.11. The van der Waals surface area contributed by atoms with Gasteiger partial charge in [-0.15, -0.1) is 10.2 Å². The molecule has 5 heteroatoms. The third-order valence-electron chi connectivity index (χ3n) is 2.22. The number of nitrogens with zero attached hydrogens (tertiary/aromatic N) is 2. The molecule has 0 aliphatic carbocycles. The molecule has 0 saturated heterocycles. The highest BCUT2D eigenvalue weighted by Gasteiger charge is 2.01. The summed E-state index contributed by atoms with van der Waals surface area (Å²) in [6.07, 6.45) is 1.13. The van der Waals surface area contributed by atoms with E-state index in [-0.39, 0.29) is 5.56 Å². The van der Waals surface area contributed by atoms with E-state index in [2.05, 4.69) is 20.5 Å². The number of aromatic nitrogens is 3. The van der Waals surface area contributed by atoms with Crippen molar-refractivity contribution in [2.24, 2.45) is 0 Å². The second-order valence-electron chi connectivity index (χ2n) is 3.63. The molecule has 0 spiro atoms. The molecule has 0 saturated carbocycles. The molecule has 0 unspecified atom stereocenters. The van der Waals surface area contributed by atoms with Crippen LogP contribution >= 0.6 is 0 Å². The molecule has 5 nitrogen and oxygen atoms in total. The Morgan fingerprint density at radius 1 is 1.31 bits per heavy atom. The minimum Gasteiger partial charge on any atom is -0.324 e. The number of hydrogen-bond acceptors (Lipinski definition) is 4. The maximum atomic E-state index is 11.0. The molecule has 0 aliphatic heterocycles. The number of anilines is 2. The van der Waals surface area contributed by atoms with Crippen molar-refractivity contribution in [2.75, 3.05) is 5.32 Å². The van der Waals surface area contributed by atoms with Crippen molar-refractivity contribution in [3.63, 3.8) is 0 Å². The van der Waals surface area contributed by atoms with Crippen LogP contribution in [0, 0.1) is 13.8 Å². The van der Waals surface area contributed by atoms with Gasteiger partial charge in [-0.1, -0.05) is 12.1 Å². The highest BCUT2D eigenvalue weighted by Crippen LogP contribution is 2.18. The highest BCUT2D eigenvalue weighted by molar-refractivity contribution is 5.58. The molecular weight excluding hydrogens is 204 g/mol. The summed E-state index contributed by atoms with van der Waals surface area (Å²) in [7, 11) is 0. The summed E-state index contributed by atoms with van der Waals surface area (Å²) < 4.78 is 0. The van der Waals surface area contributed by atoms with E-state index in [9.17, 15) is 4.79 Å². The summed E-state index contributed by atoms with van der Waals surface area (Å²) in [6.45, 7) is 3.99. The molecule has 16 heavy (non-hydrogen) atoms. The van der Waals surface area contributed by atoms with Crippen molar-refractivity contribution in [3.05, 3.63) is 45.9 Å². The Balaban J connectivity index is 2.33. The Kier molecular flexibility index (Phi) is 2.68. The minimum atomic E-state index is -0.275. The summed E-state index contributed by atoms with van der Waals surface area (Å²) in [5, 5.41) is 10.4. The number of aromatic amines is 1. The van der Waals surface area contributed by atoms with Crippen LogP contribution in [0.4, 0.5) is 11.6 Å². The number of hydrogen-bond donors (Lipinski definition) is 2. The first-order chi connectivity index (χ1) is 7.65. The van der Waals surface area contributed by atoms with Gasteiger partial charge in [-0.05, 0) is 31.0 Å². The summed E-state index contributed by atoms with van der Waals surface area (Å²) >= 11 is 0. The first kappa shape index (κ1) is 10.4. The van der Waals surface area contributed by atoms with Gasteiger partial charge in [0.2, 0.25) is 5.95 Å². The van der Waals surface area contributed by atoms with E-state index in [0.717, 1.165) is 23.0 Å². The van der Waals surface area contributed by atoms with Gasteiger partial charge in [0.25, 0.3) is 5.56 Å². The van der Waals surface area contributed by atoms with Gasteiger partial charge in [0.15, 0.2) is 0 Å². The molecule has 2 aromatic rings. The van der Waals surface area contributed by atoms with Gasteiger partial charge in [0, 0.05) is 5.69 Å². The number of rotatable bonds is 2. The number of benzene rings is 1. The number of H-pyrrole nitrogens is 1. The average Bonchev–Trinajstić information content (AvgIpc) is 2.24. The molecule has 0 bridgehead atoms. The first-order valence-electron chi connectivity index (χ1n) is 4.91. The molecule has 0 fully saturated rings. The smallest absolute Gasteiger partial charge is 0.271 e. The van der Waals surface area contributed by atoms with Crippen LogP contribution in [0.2, 0.25) is 0 Å². The van der Waals surface area contributed by atoms with Gasteiger partial charge in [0.1, 0.15) is 6.20 Å². The van der Waals surface area contributed by atoms with E-state index in [1.165, 1.54) is 0 Å². The fourth-order valence-corrected chi connectivity index (χ4v) is 1.37. The van der Waals surface area contributed by atoms with Crippen LogP contribution in [0.25, 0.3) is 0 Å². The lowest BCUT2D eigenvalue weighted by atomic mass is 10.1. The van der Waals surface area contributed by atoms with E-state index in [4.69, 9.17) is 0 Å². The van der Waals surface area contributed by atoms with Gasteiger partial charge < -0.3 is 5.32 Å². The second kappa shape index (κ2) is 4.14. The van der Waals surface area contributed by atoms with E-state index in [1.54, 1.807) is 0 Å². The minimum absolute atomic E-state index is 0.275. The van der Waals surface area contributed by atoms with Crippen molar-refractivity contribution >= 4 is 11.6 Å². The van der Waals surface area contributed by atoms with Gasteiger partial charge >= 0.3 is 0 Å². The fraction of sp³-hybridized carbons (Fsp3) is 0.182. The van der Waals surface area contributed by atoms with Crippen LogP contribution in [0.1, 0.15) is 11.1 Å². The van der Waals surface area contributed by atoms with Gasteiger partial charge in [-0.3, -0.25) is 9.78 Å². The third kappa shape index (κ3) is 2.25. The average molecular weight is 216 g/mol. The lowest BCUT2D eigenvalue weighted by molar-refractivity contribution is 0.953. The summed E-state index contributed by atoms with van der Waals surface area (Å²) in [6, 6.07) is 6.02. The molecule has 2 rings (SSSR count). The monoisotopic (exact) mass is 216 g/mol. The largest absolute Gasteiger partial charge is 0.324 e.